The number of hydrogen-bond acceptors (Lipinski definition) is 2. The molecule has 2 aromatic rings. The number of anilines is 1. The van der Waals surface area contributed by atoms with E-state index in [9.17, 15) is 4.79 Å². The number of amides is 1. The highest BCUT2D eigenvalue weighted by molar-refractivity contribution is 6.30. The summed E-state index contributed by atoms with van der Waals surface area (Å²) in [6.45, 7) is 5.96. The fourth-order valence-electron chi connectivity index (χ4n) is 1.93. The van der Waals surface area contributed by atoms with Gasteiger partial charge in [-0.3, -0.25) is 4.79 Å². The Bertz CT molecular complexity index is 597. The van der Waals surface area contributed by atoms with Crippen molar-refractivity contribution in [2.45, 2.75) is 27.2 Å². The lowest BCUT2D eigenvalue weighted by Crippen LogP contribution is -2.14. The fraction of sp³-hybridized carbons (Fsp3) is 0.250. The van der Waals surface area contributed by atoms with E-state index in [-0.39, 0.29) is 5.91 Å². The second-order valence-corrected chi connectivity index (χ2v) is 5.33. The van der Waals surface area contributed by atoms with Crippen molar-refractivity contribution >= 4 is 23.2 Å². The van der Waals surface area contributed by atoms with Gasteiger partial charge in [0.2, 0.25) is 5.91 Å². The Hall–Kier alpha value is -1.87. The number of aryl methyl sites for hydroxylation is 3. The van der Waals surface area contributed by atoms with Crippen LogP contribution in [-0.2, 0) is 11.2 Å². The van der Waals surface area contributed by atoms with Crippen LogP contribution in [0.3, 0.4) is 0 Å². The molecule has 1 heterocycles. The van der Waals surface area contributed by atoms with Gasteiger partial charge in [-0.15, -0.1) is 0 Å². The molecule has 3 nitrogen and oxygen atoms in total. The lowest BCUT2D eigenvalue weighted by Gasteiger charge is -2.08. The topological polar surface area (TPSA) is 42.0 Å². The maximum atomic E-state index is 12.0. The molecule has 0 atom stereocenters. The van der Waals surface area contributed by atoms with Gasteiger partial charge in [0.05, 0.1) is 18.3 Å². The molecule has 20 heavy (non-hydrogen) atoms. The summed E-state index contributed by atoms with van der Waals surface area (Å²) in [4.78, 5) is 16.0. The number of pyridine rings is 1. The molecule has 0 aliphatic heterocycles. The summed E-state index contributed by atoms with van der Waals surface area (Å²) in [7, 11) is 0. The standard InChI is InChI=1S/C16H17ClN2O/c1-10-4-5-13(6-11(10)2)8-15(20)19-14-7-12(3)16(17)18-9-14/h4-7,9H,8H2,1-3H3,(H,19,20). The zero-order valence-electron chi connectivity index (χ0n) is 11.8. The van der Waals surface area contributed by atoms with Gasteiger partial charge < -0.3 is 5.32 Å². The number of rotatable bonds is 3. The normalized spacial score (nSPS) is 10.4. The van der Waals surface area contributed by atoms with Gasteiger partial charge in [-0.05, 0) is 49.1 Å². The van der Waals surface area contributed by atoms with Gasteiger partial charge in [0, 0.05) is 0 Å². The number of carbonyl (C=O) groups excluding carboxylic acids is 1. The van der Waals surface area contributed by atoms with Gasteiger partial charge in [-0.2, -0.15) is 0 Å². The number of nitrogens with one attached hydrogen (secondary N) is 1. The van der Waals surface area contributed by atoms with E-state index in [1.807, 2.05) is 38.1 Å². The maximum Gasteiger partial charge on any atom is 0.228 e. The van der Waals surface area contributed by atoms with E-state index in [4.69, 9.17) is 11.6 Å². The van der Waals surface area contributed by atoms with Crippen molar-refractivity contribution in [3.8, 4) is 0 Å². The van der Waals surface area contributed by atoms with Crippen LogP contribution in [0.2, 0.25) is 5.15 Å². The molecular formula is C16H17ClN2O. The van der Waals surface area contributed by atoms with Crippen molar-refractivity contribution in [3.63, 3.8) is 0 Å². The Labute approximate surface area is 124 Å². The Kier molecular flexibility index (Phi) is 4.40. The van der Waals surface area contributed by atoms with Crippen LogP contribution in [0.25, 0.3) is 0 Å². The SMILES string of the molecule is Cc1ccc(CC(=O)Nc2cnc(Cl)c(C)c2)cc1C. The van der Waals surface area contributed by atoms with Gasteiger partial charge in [-0.25, -0.2) is 4.98 Å². The van der Waals surface area contributed by atoms with Gasteiger partial charge in [0.25, 0.3) is 0 Å². The first-order valence-corrected chi connectivity index (χ1v) is 6.81. The van der Waals surface area contributed by atoms with E-state index in [0.717, 1.165) is 11.1 Å². The molecule has 0 radical (unpaired) electrons. The summed E-state index contributed by atoms with van der Waals surface area (Å²) in [5.41, 5.74) is 4.94. The molecule has 0 bridgehead atoms. The molecule has 0 aliphatic rings. The van der Waals surface area contributed by atoms with Crippen molar-refractivity contribution in [2.24, 2.45) is 0 Å². The monoisotopic (exact) mass is 288 g/mol. The van der Waals surface area contributed by atoms with Gasteiger partial charge in [0.15, 0.2) is 0 Å². The number of halogens is 1. The number of carbonyl (C=O) groups is 1. The zero-order valence-corrected chi connectivity index (χ0v) is 12.6. The van der Waals surface area contributed by atoms with Crippen LogP contribution < -0.4 is 5.32 Å². The molecule has 0 fully saturated rings. The summed E-state index contributed by atoms with van der Waals surface area (Å²) in [5.74, 6) is -0.0585. The van der Waals surface area contributed by atoms with E-state index in [1.165, 1.54) is 11.1 Å². The molecule has 4 heteroatoms. The average Bonchev–Trinajstić information content (AvgIpc) is 2.38. The van der Waals surface area contributed by atoms with Crippen molar-refractivity contribution < 1.29 is 4.79 Å². The second-order valence-electron chi connectivity index (χ2n) is 4.98. The van der Waals surface area contributed by atoms with Crippen LogP contribution in [0.4, 0.5) is 5.69 Å². The highest BCUT2D eigenvalue weighted by Gasteiger charge is 2.06. The minimum atomic E-state index is -0.0585. The largest absolute Gasteiger partial charge is 0.324 e. The predicted octanol–water partition coefficient (Wildman–Crippen LogP) is 3.84. The average molecular weight is 289 g/mol. The van der Waals surface area contributed by atoms with Gasteiger partial charge in [0.1, 0.15) is 5.15 Å². The number of aromatic nitrogens is 1. The molecule has 1 aromatic heterocycles. The summed E-state index contributed by atoms with van der Waals surface area (Å²) in [6, 6.07) is 7.87. The number of benzene rings is 1. The number of hydrogen-bond donors (Lipinski definition) is 1. The minimum absolute atomic E-state index is 0.0585. The molecule has 0 spiro atoms. The van der Waals surface area contributed by atoms with E-state index in [2.05, 4.69) is 17.2 Å². The third kappa shape index (κ3) is 3.58. The van der Waals surface area contributed by atoms with E-state index >= 15 is 0 Å². The molecule has 0 aliphatic carbocycles. The van der Waals surface area contributed by atoms with E-state index < -0.39 is 0 Å². The zero-order chi connectivity index (χ0) is 14.7. The van der Waals surface area contributed by atoms with Gasteiger partial charge >= 0.3 is 0 Å². The highest BCUT2D eigenvalue weighted by atomic mass is 35.5. The Morgan fingerprint density at radius 2 is 1.90 bits per heavy atom. The number of nitrogens with zero attached hydrogens (tertiary/aromatic N) is 1. The first-order chi connectivity index (χ1) is 9.45. The van der Waals surface area contributed by atoms with Crippen molar-refractivity contribution in [1.29, 1.82) is 0 Å². The van der Waals surface area contributed by atoms with E-state index in [1.54, 1.807) is 6.20 Å². The molecule has 0 saturated heterocycles. The fourth-order valence-corrected chi connectivity index (χ4v) is 2.03. The van der Waals surface area contributed by atoms with Crippen molar-refractivity contribution in [1.82, 2.24) is 4.98 Å². The Morgan fingerprint density at radius 3 is 2.55 bits per heavy atom. The maximum absolute atomic E-state index is 12.0. The summed E-state index contributed by atoms with van der Waals surface area (Å²) in [6.07, 6.45) is 1.91. The first-order valence-electron chi connectivity index (χ1n) is 6.44. The quantitative estimate of drug-likeness (QED) is 0.872. The molecule has 104 valence electrons. The smallest absolute Gasteiger partial charge is 0.228 e. The lowest BCUT2D eigenvalue weighted by molar-refractivity contribution is -0.115. The third-order valence-corrected chi connectivity index (χ3v) is 3.63. The lowest BCUT2D eigenvalue weighted by atomic mass is 10.0. The van der Waals surface area contributed by atoms with Crippen LogP contribution in [0.1, 0.15) is 22.3 Å². The second kappa shape index (κ2) is 6.06. The third-order valence-electron chi connectivity index (χ3n) is 3.23. The summed E-state index contributed by atoms with van der Waals surface area (Å²) >= 11 is 5.86. The van der Waals surface area contributed by atoms with Crippen LogP contribution in [0.15, 0.2) is 30.5 Å². The van der Waals surface area contributed by atoms with E-state index in [0.29, 0.717) is 17.3 Å². The molecule has 1 amide bonds. The van der Waals surface area contributed by atoms with Crippen LogP contribution >= 0.6 is 11.6 Å². The van der Waals surface area contributed by atoms with Crippen molar-refractivity contribution in [2.75, 3.05) is 5.32 Å². The van der Waals surface area contributed by atoms with Crippen LogP contribution in [-0.4, -0.2) is 10.9 Å². The molecule has 1 aromatic carbocycles. The summed E-state index contributed by atoms with van der Waals surface area (Å²) in [5, 5.41) is 3.29. The van der Waals surface area contributed by atoms with Crippen molar-refractivity contribution in [3.05, 3.63) is 57.9 Å². The Balaban J connectivity index is 2.04. The molecule has 1 N–H and O–H groups in total. The molecular weight excluding hydrogens is 272 g/mol. The molecule has 0 saturated carbocycles. The summed E-state index contributed by atoms with van der Waals surface area (Å²) < 4.78 is 0. The highest BCUT2D eigenvalue weighted by Crippen LogP contribution is 2.16. The predicted molar refractivity (Wildman–Crippen MR) is 82.2 cm³/mol. The minimum Gasteiger partial charge on any atom is -0.324 e. The Morgan fingerprint density at radius 1 is 1.15 bits per heavy atom. The van der Waals surface area contributed by atoms with Crippen LogP contribution in [0.5, 0.6) is 0 Å². The molecule has 2 rings (SSSR count). The van der Waals surface area contributed by atoms with Crippen LogP contribution in [0, 0.1) is 20.8 Å². The first kappa shape index (κ1) is 14.5. The molecule has 0 unspecified atom stereocenters. The van der Waals surface area contributed by atoms with Gasteiger partial charge in [-0.1, -0.05) is 29.8 Å².